The highest BCUT2D eigenvalue weighted by Gasteiger charge is 2.86. The Bertz CT molecular complexity index is 2100. The van der Waals surface area contributed by atoms with Gasteiger partial charge in [-0.25, -0.2) is 28.9 Å². The number of unbranched alkanes of at least 4 members (excludes halogenated alkanes) is 3. The molecule has 0 N–H and O–H groups in total. The summed E-state index contributed by atoms with van der Waals surface area (Å²) in [6, 6.07) is 9.82. The van der Waals surface area contributed by atoms with E-state index in [1.165, 1.54) is 0 Å². The molecule has 0 aromatic heterocycles. The number of sulfone groups is 3. The van der Waals surface area contributed by atoms with Crippen molar-refractivity contribution in [2.24, 2.45) is 0 Å². The van der Waals surface area contributed by atoms with Crippen molar-refractivity contribution < 1.29 is 76.8 Å². The number of alkyl halides is 9. The zero-order chi connectivity index (χ0) is 43.5. The molecule has 0 radical (unpaired) electrons. The second-order valence-corrected chi connectivity index (χ2v) is 23.5. The summed E-state index contributed by atoms with van der Waals surface area (Å²) in [5.74, 6) is -16.6. The molecule has 0 amide bonds. The van der Waals surface area contributed by atoms with E-state index < -0.39 is 120 Å². The molecule has 0 unspecified atom stereocenters. The second kappa shape index (κ2) is 17.4. The maximum absolute atomic E-state index is 15.4. The van der Waals surface area contributed by atoms with Crippen LogP contribution in [0.4, 0.5) is 39.5 Å². The highest BCUT2D eigenvalue weighted by atomic mass is 32.3. The molecule has 3 aromatic rings. The first-order chi connectivity index (χ1) is 26.0. The smallest absolute Gasteiger partial charge is 0.224 e. The lowest BCUT2D eigenvalue weighted by Gasteiger charge is -2.41. The van der Waals surface area contributed by atoms with Crippen LogP contribution in [0.5, 0.6) is 0 Å². The maximum Gasteiger partial charge on any atom is 0.460 e. The monoisotopic (exact) mass is 922 g/mol. The molecular weight excluding hydrogens is 884 g/mol. The van der Waals surface area contributed by atoms with Crippen LogP contribution < -0.4 is 0 Å². The van der Waals surface area contributed by atoms with Gasteiger partial charge in [0.15, 0.2) is 29.5 Å². The Morgan fingerprint density at radius 3 is 0.895 bits per heavy atom. The van der Waals surface area contributed by atoms with Crippen molar-refractivity contribution in [2.75, 3.05) is 17.3 Å². The van der Waals surface area contributed by atoms with E-state index in [9.17, 15) is 64.4 Å². The molecule has 57 heavy (non-hydrogen) atoms. The summed E-state index contributed by atoms with van der Waals surface area (Å²) in [5, 5.41) is -7.35. The van der Waals surface area contributed by atoms with Gasteiger partial charge in [0.2, 0.25) is 0 Å². The lowest BCUT2D eigenvalue weighted by Crippen LogP contribution is -2.63. The fraction of sp³-hybridized carbons (Fsp3) is 0.471. The van der Waals surface area contributed by atoms with Gasteiger partial charge in [-0.05, 0) is 102 Å². The van der Waals surface area contributed by atoms with Crippen molar-refractivity contribution in [3.05, 3.63) is 72.8 Å². The Kier molecular flexibility index (Phi) is 14.8. The van der Waals surface area contributed by atoms with Crippen LogP contribution in [-0.2, 0) is 43.3 Å². The molecule has 0 saturated heterocycles. The van der Waals surface area contributed by atoms with E-state index in [0.29, 0.717) is 19.3 Å². The number of benzene rings is 3. The van der Waals surface area contributed by atoms with Gasteiger partial charge in [-0.1, -0.05) is 40.0 Å². The summed E-state index contributed by atoms with van der Waals surface area (Å²) in [6.45, 7) is 5.04. The van der Waals surface area contributed by atoms with Crippen LogP contribution in [-0.4, -0.2) is 74.2 Å². The molecular formula is C34H39F9O9S5. The van der Waals surface area contributed by atoms with Crippen molar-refractivity contribution >= 4 is 49.9 Å². The molecule has 0 aliphatic carbocycles. The van der Waals surface area contributed by atoms with Crippen LogP contribution in [0.25, 0.3) is 0 Å². The molecule has 0 spiro atoms. The Labute approximate surface area is 327 Å². The standard InChI is InChI=1S/C34H39F9O9S5/c1-4-7-22-53(44,45)25-10-16-28(17-11-25)56(29-18-12-26(13-19-29)54(46,47)23-8-5-2,30-20-14-27(15-21-30)55(48,49)24-9-6-3)52-57(50,51)34(42,43)32(37,38)31(35,36)33(39,40)41/h10-21H,4-9,22-24H2,1-3H3. The Balaban J connectivity index is 2.52. The second-order valence-electron chi connectivity index (χ2n) is 12.7. The molecule has 0 atom stereocenters. The summed E-state index contributed by atoms with van der Waals surface area (Å²) in [4.78, 5) is -3.26. The summed E-state index contributed by atoms with van der Waals surface area (Å²) in [6.07, 6.45) is -5.60. The topological polar surface area (TPSA) is 146 Å². The molecule has 3 aromatic carbocycles. The molecule has 0 saturated carbocycles. The summed E-state index contributed by atoms with van der Waals surface area (Å²) < 4.78 is 237. The van der Waals surface area contributed by atoms with E-state index in [4.69, 9.17) is 3.63 Å². The van der Waals surface area contributed by atoms with Crippen LogP contribution in [0.2, 0.25) is 0 Å². The van der Waals surface area contributed by atoms with Gasteiger partial charge in [0.05, 0.1) is 31.9 Å². The highest BCUT2D eigenvalue weighted by Crippen LogP contribution is 2.71. The SMILES string of the molecule is CCCCS(=O)(=O)c1ccc(S(OS(=O)(=O)C(F)(F)C(F)(F)C(F)(F)C(F)(F)F)(c2ccc(S(=O)(=O)CCCC)cc2)c2ccc(S(=O)(=O)CCCC)cc2)cc1. The average Bonchev–Trinajstić information content (AvgIpc) is 3.14. The Morgan fingerprint density at radius 1 is 0.421 bits per heavy atom. The van der Waals surface area contributed by atoms with Gasteiger partial charge in [-0.3, -0.25) is 0 Å². The largest absolute Gasteiger partial charge is 0.460 e. The maximum atomic E-state index is 15.4. The zero-order valence-electron chi connectivity index (χ0n) is 30.4. The molecule has 0 fully saturated rings. The number of hydrogen-bond donors (Lipinski definition) is 0. The van der Waals surface area contributed by atoms with E-state index in [1.807, 2.05) is 0 Å². The van der Waals surface area contributed by atoms with Crippen LogP contribution in [0, 0.1) is 0 Å². The summed E-state index contributed by atoms with van der Waals surface area (Å²) in [5.41, 5.74) is 0. The zero-order valence-corrected chi connectivity index (χ0v) is 34.5. The van der Waals surface area contributed by atoms with Crippen LogP contribution in [0.15, 0.2) is 102 Å². The lowest BCUT2D eigenvalue weighted by atomic mass is 10.1. The minimum absolute atomic E-state index is 0.174. The van der Waals surface area contributed by atoms with Crippen molar-refractivity contribution in [1.29, 1.82) is 0 Å². The van der Waals surface area contributed by atoms with E-state index in [0.717, 1.165) is 72.8 Å². The Morgan fingerprint density at radius 2 is 0.667 bits per heavy atom. The molecule has 0 heterocycles. The molecule has 3 rings (SSSR count). The molecule has 23 heteroatoms. The normalized spacial score (nSPS) is 14.5. The molecule has 0 bridgehead atoms. The average molecular weight is 923 g/mol. The quantitative estimate of drug-likeness (QED) is 0.101. The van der Waals surface area contributed by atoms with Crippen molar-refractivity contribution in [3.8, 4) is 0 Å². The molecule has 0 aliphatic rings. The lowest BCUT2D eigenvalue weighted by molar-refractivity contribution is -0.382. The summed E-state index contributed by atoms with van der Waals surface area (Å²) >= 11 is 0. The number of rotatable bonds is 20. The first kappa shape index (κ1) is 48.5. The molecule has 322 valence electrons. The van der Waals surface area contributed by atoms with Gasteiger partial charge in [0.1, 0.15) is 0 Å². The van der Waals surface area contributed by atoms with Crippen LogP contribution in [0.1, 0.15) is 59.3 Å². The van der Waals surface area contributed by atoms with Crippen molar-refractivity contribution in [2.45, 2.75) is 112 Å². The molecule has 0 aliphatic heterocycles. The van der Waals surface area contributed by atoms with Crippen LogP contribution in [0.3, 0.4) is 0 Å². The van der Waals surface area contributed by atoms with E-state index in [-0.39, 0.29) is 19.3 Å². The number of halogens is 9. The Hall–Kier alpha value is -2.86. The van der Waals surface area contributed by atoms with Gasteiger partial charge >= 0.3 is 33.4 Å². The molecule has 9 nitrogen and oxygen atoms in total. The van der Waals surface area contributed by atoms with E-state index >= 15 is 8.78 Å². The third-order valence-electron chi connectivity index (χ3n) is 8.47. The van der Waals surface area contributed by atoms with Gasteiger partial charge in [-0.2, -0.15) is 47.9 Å². The van der Waals surface area contributed by atoms with Crippen LogP contribution >= 0.6 is 10.3 Å². The first-order valence-corrected chi connectivity index (χ1v) is 24.9. The third-order valence-corrected chi connectivity index (χ3v) is 19.1. The van der Waals surface area contributed by atoms with E-state index in [1.54, 1.807) is 20.8 Å². The van der Waals surface area contributed by atoms with Crippen molar-refractivity contribution in [1.82, 2.24) is 0 Å². The van der Waals surface area contributed by atoms with Crippen molar-refractivity contribution in [3.63, 3.8) is 0 Å². The minimum Gasteiger partial charge on any atom is -0.224 e. The highest BCUT2D eigenvalue weighted by molar-refractivity contribution is 8.33. The number of hydrogen-bond acceptors (Lipinski definition) is 9. The van der Waals surface area contributed by atoms with Gasteiger partial charge in [-0.15, -0.1) is 0 Å². The minimum atomic E-state index is -7.71. The third kappa shape index (κ3) is 9.63. The predicted molar refractivity (Wildman–Crippen MR) is 193 cm³/mol. The predicted octanol–water partition coefficient (Wildman–Crippen LogP) is 9.38. The summed E-state index contributed by atoms with van der Waals surface area (Å²) in [7, 11) is -24.7. The fourth-order valence-corrected chi connectivity index (χ4v) is 14.6. The first-order valence-electron chi connectivity index (χ1n) is 17.0. The van der Waals surface area contributed by atoms with Gasteiger partial charge in [0, 0.05) is 14.7 Å². The fourth-order valence-electron chi connectivity index (χ4n) is 5.09. The van der Waals surface area contributed by atoms with Gasteiger partial charge < -0.3 is 0 Å². The van der Waals surface area contributed by atoms with E-state index in [2.05, 4.69) is 0 Å². The van der Waals surface area contributed by atoms with Gasteiger partial charge in [0.25, 0.3) is 0 Å².